The molecule has 0 amide bonds. The lowest BCUT2D eigenvalue weighted by Crippen LogP contribution is -2.34. The maximum Gasteiger partial charge on any atom is 0.306 e. The molecule has 0 aromatic heterocycles. The molecule has 18 heavy (non-hydrogen) atoms. The van der Waals surface area contributed by atoms with Crippen LogP contribution < -0.4 is 0 Å². The lowest BCUT2D eigenvalue weighted by molar-refractivity contribution is -0.145. The van der Waals surface area contributed by atoms with Gasteiger partial charge in [-0.05, 0) is 43.9 Å². The second-order valence-corrected chi connectivity index (χ2v) is 4.81. The van der Waals surface area contributed by atoms with E-state index in [0.717, 1.165) is 12.1 Å². The monoisotopic (exact) mass is 254 g/mol. The van der Waals surface area contributed by atoms with E-state index in [0.29, 0.717) is 12.8 Å². The number of aliphatic carboxylic acids is 1. The van der Waals surface area contributed by atoms with Crippen molar-refractivity contribution in [1.82, 2.24) is 0 Å². The van der Waals surface area contributed by atoms with Gasteiger partial charge in [0.05, 0.1) is 11.5 Å². The second-order valence-electron chi connectivity index (χ2n) is 4.81. The number of hydrogen-bond donors (Lipinski definition) is 3. The zero-order valence-electron chi connectivity index (χ0n) is 9.77. The molecule has 0 heterocycles. The zero-order chi connectivity index (χ0) is 13.3. The number of phenolic OH excluding ortho intramolecular Hbond substituents is 1. The summed E-state index contributed by atoms with van der Waals surface area (Å²) in [5, 5.41) is 29.0. The predicted octanol–water partition coefficient (Wildman–Crippen LogP) is 1.99. The van der Waals surface area contributed by atoms with Crippen LogP contribution in [0.25, 0.3) is 0 Å². The molecule has 0 saturated heterocycles. The molecule has 4 nitrogen and oxygen atoms in total. The van der Waals surface area contributed by atoms with Gasteiger partial charge in [0.25, 0.3) is 0 Å². The van der Waals surface area contributed by atoms with Gasteiger partial charge < -0.3 is 15.3 Å². The normalized spacial score (nSPS) is 28.0. The summed E-state index contributed by atoms with van der Waals surface area (Å²) in [4.78, 5) is 10.8. The molecule has 1 aliphatic rings. The number of hydrogen-bond acceptors (Lipinski definition) is 3. The van der Waals surface area contributed by atoms with Crippen LogP contribution in [0.5, 0.6) is 5.75 Å². The third-order valence-electron chi connectivity index (χ3n) is 3.62. The van der Waals surface area contributed by atoms with Crippen LogP contribution in [0.2, 0.25) is 0 Å². The van der Waals surface area contributed by atoms with Gasteiger partial charge in [-0.1, -0.05) is 0 Å². The van der Waals surface area contributed by atoms with Crippen molar-refractivity contribution in [1.29, 1.82) is 0 Å². The van der Waals surface area contributed by atoms with Crippen LogP contribution in [0.3, 0.4) is 0 Å². The fourth-order valence-corrected chi connectivity index (χ4v) is 2.49. The van der Waals surface area contributed by atoms with Crippen molar-refractivity contribution < 1.29 is 24.5 Å². The number of rotatable bonds is 2. The number of aromatic hydroxyl groups is 1. The number of halogens is 1. The fourth-order valence-electron chi connectivity index (χ4n) is 2.49. The quantitative estimate of drug-likeness (QED) is 0.754. The van der Waals surface area contributed by atoms with Gasteiger partial charge in [-0.2, -0.15) is 0 Å². The molecule has 98 valence electrons. The molecule has 0 atom stereocenters. The molecule has 1 saturated carbocycles. The molecule has 2 rings (SSSR count). The molecule has 1 aromatic carbocycles. The van der Waals surface area contributed by atoms with E-state index in [1.54, 1.807) is 0 Å². The number of aliphatic hydroxyl groups is 1. The van der Waals surface area contributed by atoms with E-state index in [1.807, 2.05) is 0 Å². The molecule has 0 radical (unpaired) electrons. The van der Waals surface area contributed by atoms with E-state index < -0.39 is 23.3 Å². The molecular weight excluding hydrogens is 239 g/mol. The average Bonchev–Trinajstić information content (AvgIpc) is 2.32. The summed E-state index contributed by atoms with van der Waals surface area (Å²) < 4.78 is 13.2. The van der Waals surface area contributed by atoms with E-state index in [-0.39, 0.29) is 24.2 Å². The number of phenols is 1. The molecule has 0 unspecified atom stereocenters. The van der Waals surface area contributed by atoms with E-state index in [2.05, 4.69) is 0 Å². The highest BCUT2D eigenvalue weighted by Gasteiger charge is 2.38. The van der Waals surface area contributed by atoms with Crippen molar-refractivity contribution in [2.45, 2.75) is 31.3 Å². The summed E-state index contributed by atoms with van der Waals surface area (Å²) in [5.41, 5.74) is -1.19. The van der Waals surface area contributed by atoms with Crippen molar-refractivity contribution >= 4 is 5.97 Å². The standard InChI is InChI=1S/C13H15FO4/c14-9-1-2-11(15)10(7-9)13(18)5-3-8(4-6-13)12(16)17/h1-2,7-8,15,18H,3-6H2,(H,16,17). The Balaban J connectivity index is 2.23. The van der Waals surface area contributed by atoms with Gasteiger partial charge >= 0.3 is 5.97 Å². The highest BCUT2D eigenvalue weighted by molar-refractivity contribution is 5.70. The number of benzene rings is 1. The van der Waals surface area contributed by atoms with Gasteiger partial charge in [-0.15, -0.1) is 0 Å². The molecule has 5 heteroatoms. The number of carboxylic acid groups (broad SMARTS) is 1. The highest BCUT2D eigenvalue weighted by Crippen LogP contribution is 2.42. The first-order chi connectivity index (χ1) is 8.42. The average molecular weight is 254 g/mol. The first kappa shape index (κ1) is 12.8. The first-order valence-corrected chi connectivity index (χ1v) is 5.86. The topological polar surface area (TPSA) is 77.8 Å². The van der Waals surface area contributed by atoms with Crippen LogP contribution in [0, 0.1) is 11.7 Å². The molecule has 0 spiro atoms. The highest BCUT2D eigenvalue weighted by atomic mass is 19.1. The van der Waals surface area contributed by atoms with Gasteiger partial charge in [0.15, 0.2) is 0 Å². The second kappa shape index (κ2) is 4.57. The maximum atomic E-state index is 13.2. The predicted molar refractivity (Wildman–Crippen MR) is 61.6 cm³/mol. The van der Waals surface area contributed by atoms with Gasteiger partial charge in [-0.3, -0.25) is 4.79 Å². The largest absolute Gasteiger partial charge is 0.508 e. The third-order valence-corrected chi connectivity index (χ3v) is 3.62. The first-order valence-electron chi connectivity index (χ1n) is 5.86. The van der Waals surface area contributed by atoms with Crippen molar-refractivity contribution in [2.24, 2.45) is 5.92 Å². The Labute approximate surface area is 104 Å². The molecular formula is C13H15FO4. The minimum atomic E-state index is -1.34. The number of carbonyl (C=O) groups is 1. The minimum Gasteiger partial charge on any atom is -0.508 e. The van der Waals surface area contributed by atoms with Crippen LogP contribution in [0.1, 0.15) is 31.2 Å². The fraction of sp³-hybridized carbons (Fsp3) is 0.462. The number of carboxylic acids is 1. The van der Waals surface area contributed by atoms with E-state index in [1.165, 1.54) is 6.07 Å². The molecule has 3 N–H and O–H groups in total. The van der Waals surface area contributed by atoms with Gasteiger partial charge in [0, 0.05) is 5.56 Å². The molecule has 1 aromatic rings. The van der Waals surface area contributed by atoms with E-state index >= 15 is 0 Å². The Bertz CT molecular complexity index is 464. The zero-order valence-corrected chi connectivity index (χ0v) is 9.77. The summed E-state index contributed by atoms with van der Waals surface area (Å²) in [7, 11) is 0. The van der Waals surface area contributed by atoms with Crippen LogP contribution in [0.4, 0.5) is 4.39 Å². The molecule has 1 aliphatic carbocycles. The Morgan fingerprint density at radius 1 is 1.33 bits per heavy atom. The smallest absolute Gasteiger partial charge is 0.306 e. The van der Waals surface area contributed by atoms with Gasteiger partial charge in [0.2, 0.25) is 0 Å². The molecule has 1 fully saturated rings. The summed E-state index contributed by atoms with van der Waals surface area (Å²) in [5.74, 6) is -2.04. The Morgan fingerprint density at radius 2 is 1.94 bits per heavy atom. The SMILES string of the molecule is O=C(O)C1CCC(O)(c2cc(F)ccc2O)CC1. The van der Waals surface area contributed by atoms with E-state index in [9.17, 15) is 19.4 Å². The lowest BCUT2D eigenvalue weighted by Gasteiger charge is -2.35. The minimum absolute atomic E-state index is 0.145. The van der Waals surface area contributed by atoms with Gasteiger partial charge in [0.1, 0.15) is 11.6 Å². The molecule has 0 aliphatic heterocycles. The third kappa shape index (κ3) is 2.31. The summed E-state index contributed by atoms with van der Waals surface area (Å²) >= 11 is 0. The van der Waals surface area contributed by atoms with Crippen LogP contribution in [0.15, 0.2) is 18.2 Å². The molecule has 0 bridgehead atoms. The van der Waals surface area contributed by atoms with Crippen LogP contribution in [-0.2, 0) is 10.4 Å². The van der Waals surface area contributed by atoms with Crippen molar-refractivity contribution in [3.05, 3.63) is 29.6 Å². The van der Waals surface area contributed by atoms with Crippen LogP contribution in [-0.4, -0.2) is 21.3 Å². The van der Waals surface area contributed by atoms with Gasteiger partial charge in [-0.25, -0.2) is 4.39 Å². The Morgan fingerprint density at radius 3 is 2.50 bits per heavy atom. The van der Waals surface area contributed by atoms with Crippen LogP contribution >= 0.6 is 0 Å². The summed E-state index contributed by atoms with van der Waals surface area (Å²) in [6, 6.07) is 3.42. The lowest BCUT2D eigenvalue weighted by atomic mass is 9.75. The van der Waals surface area contributed by atoms with E-state index in [4.69, 9.17) is 5.11 Å². The maximum absolute atomic E-state index is 13.2. The summed E-state index contributed by atoms with van der Waals surface area (Å²) in [6.07, 6.45) is 1.06. The Kier molecular flexibility index (Phi) is 3.26. The summed E-state index contributed by atoms with van der Waals surface area (Å²) in [6.45, 7) is 0. The van der Waals surface area contributed by atoms with Crippen molar-refractivity contribution in [3.63, 3.8) is 0 Å². The van der Waals surface area contributed by atoms with Crippen molar-refractivity contribution in [2.75, 3.05) is 0 Å². The Hall–Kier alpha value is -1.62. The van der Waals surface area contributed by atoms with Crippen molar-refractivity contribution in [3.8, 4) is 5.75 Å².